The van der Waals surface area contributed by atoms with E-state index in [1.165, 1.54) is 12.1 Å². The number of aliphatic hydroxyl groups is 1. The molecule has 0 radical (unpaired) electrons. The molecule has 2 unspecified atom stereocenters. The van der Waals surface area contributed by atoms with E-state index in [4.69, 9.17) is 17.3 Å². The Kier molecular flexibility index (Phi) is 6.84. The van der Waals surface area contributed by atoms with Crippen LogP contribution in [0.4, 0.5) is 13.2 Å². The molecule has 0 aromatic heterocycles. The molecule has 8 heteroatoms. The van der Waals surface area contributed by atoms with E-state index in [9.17, 15) is 18.3 Å². The van der Waals surface area contributed by atoms with Gasteiger partial charge < -0.3 is 15.7 Å². The molecule has 164 valence electrons. The fraction of sp³-hybridized carbons (Fsp3) is 0.455. The van der Waals surface area contributed by atoms with Crippen LogP contribution in [0.3, 0.4) is 0 Å². The summed E-state index contributed by atoms with van der Waals surface area (Å²) in [5, 5.41) is 10.4. The average Bonchev–Trinajstić information content (AvgIpc) is 3.17. The van der Waals surface area contributed by atoms with Crippen molar-refractivity contribution in [3.05, 3.63) is 70.5 Å². The summed E-state index contributed by atoms with van der Waals surface area (Å²) < 4.78 is 40.7. The molecule has 1 aliphatic carbocycles. The number of halogens is 4. The molecule has 1 fully saturated rings. The van der Waals surface area contributed by atoms with Crippen LogP contribution in [-0.4, -0.2) is 46.2 Å². The first kappa shape index (κ1) is 22.7. The maximum Gasteiger partial charge on any atom is 0.416 e. The molecule has 1 saturated heterocycles. The van der Waals surface area contributed by atoms with Gasteiger partial charge in [-0.15, -0.1) is 0 Å². The molecule has 3 atom stereocenters. The number of aliphatic hydroxyl groups excluding tert-OH is 1. The first-order valence-corrected chi connectivity index (χ1v) is 10.3. The van der Waals surface area contributed by atoms with Gasteiger partial charge in [-0.1, -0.05) is 42.5 Å². The minimum Gasteiger partial charge on any atom is -0.398 e. The van der Waals surface area contributed by atoms with Crippen LogP contribution in [0.25, 0.3) is 0 Å². The van der Waals surface area contributed by atoms with Crippen molar-refractivity contribution in [2.24, 2.45) is 5.73 Å². The largest absolute Gasteiger partial charge is 0.416 e. The smallest absolute Gasteiger partial charge is 0.398 e. The number of benzene rings is 1. The van der Waals surface area contributed by atoms with E-state index in [1.807, 2.05) is 11.0 Å². The molecule has 0 amide bonds. The van der Waals surface area contributed by atoms with Crippen molar-refractivity contribution in [3.63, 3.8) is 0 Å². The van der Waals surface area contributed by atoms with Gasteiger partial charge in [0.05, 0.1) is 11.7 Å². The van der Waals surface area contributed by atoms with Gasteiger partial charge in [0.15, 0.2) is 0 Å². The second-order valence-electron chi connectivity index (χ2n) is 7.87. The zero-order valence-electron chi connectivity index (χ0n) is 16.9. The summed E-state index contributed by atoms with van der Waals surface area (Å²) >= 11 is 6.28. The molecule has 0 bridgehead atoms. The highest BCUT2D eigenvalue weighted by molar-refractivity contribution is 6.30. The third kappa shape index (κ3) is 5.02. The molecule has 3 N–H and O–H groups in total. The van der Waals surface area contributed by atoms with Crippen LogP contribution in [0.2, 0.25) is 0 Å². The van der Waals surface area contributed by atoms with Crippen LogP contribution in [0, 0.1) is 0 Å². The normalized spacial score (nSPS) is 23.4. The fourth-order valence-corrected chi connectivity index (χ4v) is 4.31. The number of nitrogens with zero attached hydrogens (tertiary/aromatic N) is 2. The Balaban J connectivity index is 1.89. The van der Waals surface area contributed by atoms with Gasteiger partial charge in [-0.2, -0.15) is 13.2 Å². The zero-order valence-corrected chi connectivity index (χ0v) is 17.6. The minimum absolute atomic E-state index is 0.0137. The number of nitrogens with two attached hydrogens (primary N) is 1. The predicted octanol–water partition coefficient (Wildman–Crippen LogP) is 4.21. The lowest BCUT2D eigenvalue weighted by molar-refractivity contribution is -0.138. The highest BCUT2D eigenvalue weighted by Gasteiger charge is 2.37. The summed E-state index contributed by atoms with van der Waals surface area (Å²) in [5.41, 5.74) is 6.58. The van der Waals surface area contributed by atoms with E-state index in [2.05, 4.69) is 11.5 Å². The lowest BCUT2D eigenvalue weighted by atomic mass is 9.99. The Hall–Kier alpha value is -1.96. The van der Waals surface area contributed by atoms with E-state index in [0.29, 0.717) is 35.9 Å². The molecule has 0 saturated carbocycles. The lowest BCUT2D eigenvalue weighted by Gasteiger charge is -2.37. The van der Waals surface area contributed by atoms with Crippen LogP contribution in [0.5, 0.6) is 0 Å². The fourth-order valence-electron chi connectivity index (χ4n) is 4.09. The molecule has 1 aromatic rings. The number of hydrogen-bond donors (Lipinski definition) is 2. The van der Waals surface area contributed by atoms with Crippen molar-refractivity contribution in [3.8, 4) is 0 Å². The van der Waals surface area contributed by atoms with Crippen molar-refractivity contribution in [2.45, 2.75) is 50.7 Å². The molecule has 2 aliphatic rings. The Morgan fingerprint density at radius 1 is 1.40 bits per heavy atom. The zero-order chi connectivity index (χ0) is 22.1. The third-order valence-electron chi connectivity index (χ3n) is 5.82. The van der Waals surface area contributed by atoms with Crippen LogP contribution in [0.15, 0.2) is 59.4 Å². The Morgan fingerprint density at radius 2 is 2.10 bits per heavy atom. The van der Waals surface area contributed by atoms with Crippen LogP contribution in [-0.2, 0) is 12.7 Å². The van der Waals surface area contributed by atoms with Crippen molar-refractivity contribution in [2.75, 3.05) is 13.1 Å². The molecular formula is C22H27ClF3N3O. The summed E-state index contributed by atoms with van der Waals surface area (Å²) in [7, 11) is 0. The summed E-state index contributed by atoms with van der Waals surface area (Å²) in [6.07, 6.45) is -0.263. The third-order valence-corrected chi connectivity index (χ3v) is 6.19. The van der Waals surface area contributed by atoms with E-state index >= 15 is 0 Å². The minimum atomic E-state index is -4.42. The van der Waals surface area contributed by atoms with Gasteiger partial charge in [-0.25, -0.2) is 0 Å². The van der Waals surface area contributed by atoms with Gasteiger partial charge >= 0.3 is 6.18 Å². The van der Waals surface area contributed by atoms with E-state index in [0.717, 1.165) is 12.5 Å². The van der Waals surface area contributed by atoms with Gasteiger partial charge in [0.2, 0.25) is 0 Å². The van der Waals surface area contributed by atoms with Crippen molar-refractivity contribution in [1.82, 2.24) is 9.80 Å². The van der Waals surface area contributed by atoms with Gasteiger partial charge in [0, 0.05) is 54.6 Å². The number of allylic oxidation sites excluding steroid dienone is 1. The molecule has 30 heavy (non-hydrogen) atoms. The van der Waals surface area contributed by atoms with Crippen LogP contribution < -0.4 is 5.73 Å². The second kappa shape index (κ2) is 9.04. The molecule has 1 aliphatic heterocycles. The van der Waals surface area contributed by atoms with Gasteiger partial charge in [0.1, 0.15) is 0 Å². The Bertz CT molecular complexity index is 850. The number of hydrogen-bond acceptors (Lipinski definition) is 4. The van der Waals surface area contributed by atoms with E-state index in [-0.39, 0.29) is 24.2 Å². The van der Waals surface area contributed by atoms with Crippen LogP contribution in [0.1, 0.15) is 30.9 Å². The summed E-state index contributed by atoms with van der Waals surface area (Å²) in [5.74, 6) is 0. The number of rotatable bonds is 6. The lowest BCUT2D eigenvalue weighted by Crippen LogP contribution is -2.44. The molecule has 4 nitrogen and oxygen atoms in total. The van der Waals surface area contributed by atoms with Crippen LogP contribution >= 0.6 is 11.6 Å². The summed E-state index contributed by atoms with van der Waals surface area (Å²) in [6.45, 7) is 7.01. The standard InChI is InChI=1S/C22H27ClF3N3O/c1-14(15(2)30)28-10-9-18(13-28)29(17-7-8-21(27)20(23)11-17)12-16-5-3-4-6-19(16)22(24,25)26/h3-8,15,17-18,30H,1,9-13,27H2,2H3/t15?,17?,18-/m0/s1. The number of alkyl halides is 3. The molecular weight excluding hydrogens is 415 g/mol. The van der Waals surface area contributed by atoms with Gasteiger partial charge in [0.25, 0.3) is 0 Å². The first-order chi connectivity index (χ1) is 14.1. The maximum atomic E-state index is 13.6. The summed E-state index contributed by atoms with van der Waals surface area (Å²) in [4.78, 5) is 4.06. The van der Waals surface area contributed by atoms with Crippen molar-refractivity contribution >= 4 is 11.6 Å². The van der Waals surface area contributed by atoms with E-state index in [1.54, 1.807) is 19.1 Å². The quantitative estimate of drug-likeness (QED) is 0.694. The highest BCUT2D eigenvalue weighted by Crippen LogP contribution is 2.35. The summed E-state index contributed by atoms with van der Waals surface area (Å²) in [6, 6.07) is 5.49. The highest BCUT2D eigenvalue weighted by atomic mass is 35.5. The topological polar surface area (TPSA) is 52.7 Å². The molecule has 0 spiro atoms. The monoisotopic (exact) mass is 441 g/mol. The van der Waals surface area contributed by atoms with Crippen molar-refractivity contribution < 1.29 is 18.3 Å². The molecule has 1 aromatic carbocycles. The van der Waals surface area contributed by atoms with Gasteiger partial charge in [-0.3, -0.25) is 4.90 Å². The second-order valence-corrected chi connectivity index (χ2v) is 8.33. The van der Waals surface area contributed by atoms with E-state index < -0.39 is 17.8 Å². The van der Waals surface area contributed by atoms with Crippen molar-refractivity contribution in [1.29, 1.82) is 0 Å². The predicted molar refractivity (Wildman–Crippen MR) is 112 cm³/mol. The Labute approximate surface area is 180 Å². The average molecular weight is 442 g/mol. The SMILES string of the molecule is C=C(C(C)O)N1CC[C@H](N(Cc2ccccc2C(F)(F)F)C2C=CC(N)=C(Cl)C2)C1. The molecule has 1 heterocycles. The Morgan fingerprint density at radius 3 is 2.73 bits per heavy atom. The maximum absolute atomic E-state index is 13.6. The first-order valence-electron chi connectivity index (χ1n) is 9.93. The molecule has 3 rings (SSSR count). The number of likely N-dealkylation sites (tertiary alicyclic amines) is 1. The van der Waals surface area contributed by atoms with Gasteiger partial charge in [-0.05, 0) is 31.1 Å².